The predicted octanol–water partition coefficient (Wildman–Crippen LogP) is 3.73. The fraction of sp³-hybridized carbons (Fsp3) is 0.684. The van der Waals surface area contributed by atoms with Crippen molar-refractivity contribution in [2.75, 3.05) is 7.05 Å². The van der Waals surface area contributed by atoms with E-state index in [0.717, 1.165) is 12.8 Å². The molecular weight excluding hydrogens is 256 g/mol. The molecule has 0 heterocycles. The van der Waals surface area contributed by atoms with E-state index in [2.05, 4.69) is 63.9 Å². The highest BCUT2D eigenvalue weighted by atomic mass is 15.2. The maximum atomic E-state index is 6.05. The summed E-state index contributed by atoms with van der Waals surface area (Å²) in [4.78, 5) is 2.53. The summed E-state index contributed by atoms with van der Waals surface area (Å²) >= 11 is 0. The normalized spacial score (nSPS) is 24.5. The van der Waals surface area contributed by atoms with Gasteiger partial charge >= 0.3 is 0 Å². The van der Waals surface area contributed by atoms with Gasteiger partial charge in [-0.15, -0.1) is 0 Å². The van der Waals surface area contributed by atoms with Gasteiger partial charge < -0.3 is 10.6 Å². The van der Waals surface area contributed by atoms with Crippen molar-refractivity contribution in [1.29, 1.82) is 0 Å². The van der Waals surface area contributed by atoms with E-state index in [1.165, 1.54) is 24.0 Å². The van der Waals surface area contributed by atoms with Crippen LogP contribution in [0.25, 0.3) is 0 Å². The van der Waals surface area contributed by atoms with Gasteiger partial charge in [0.25, 0.3) is 0 Å². The Morgan fingerprint density at radius 1 is 1.19 bits per heavy atom. The molecule has 0 saturated heterocycles. The van der Waals surface area contributed by atoms with Crippen LogP contribution in [-0.2, 0) is 11.8 Å². The molecule has 2 N–H and O–H groups in total. The SMILES string of the molecule is CC(Cc1ccc(C(C)(C)C)cc1)N(C)[C@H]1CC[C@H](N)C1. The lowest BCUT2D eigenvalue weighted by atomic mass is 9.86. The van der Waals surface area contributed by atoms with Crippen molar-refractivity contribution in [3.63, 3.8) is 0 Å². The van der Waals surface area contributed by atoms with Crippen LogP contribution < -0.4 is 5.73 Å². The summed E-state index contributed by atoms with van der Waals surface area (Å²) in [6, 6.07) is 10.8. The molecule has 1 aliphatic rings. The molecular formula is C19H32N2. The van der Waals surface area contributed by atoms with E-state index in [0.29, 0.717) is 18.1 Å². The van der Waals surface area contributed by atoms with Gasteiger partial charge in [-0.1, -0.05) is 45.0 Å². The van der Waals surface area contributed by atoms with Gasteiger partial charge in [0.15, 0.2) is 0 Å². The topological polar surface area (TPSA) is 29.3 Å². The minimum atomic E-state index is 0.237. The van der Waals surface area contributed by atoms with Crippen LogP contribution in [0, 0.1) is 0 Å². The third-order valence-electron chi connectivity index (χ3n) is 5.07. The fourth-order valence-corrected chi connectivity index (χ4v) is 3.35. The summed E-state index contributed by atoms with van der Waals surface area (Å²) < 4.78 is 0. The molecule has 0 bridgehead atoms. The highest BCUT2D eigenvalue weighted by Crippen LogP contribution is 2.25. The lowest BCUT2D eigenvalue weighted by Gasteiger charge is -2.31. The zero-order chi connectivity index (χ0) is 15.6. The summed E-state index contributed by atoms with van der Waals surface area (Å²) in [5, 5.41) is 0. The van der Waals surface area contributed by atoms with Gasteiger partial charge in [-0.05, 0) is 56.2 Å². The van der Waals surface area contributed by atoms with E-state index in [9.17, 15) is 0 Å². The smallest absolute Gasteiger partial charge is 0.0110 e. The summed E-state index contributed by atoms with van der Waals surface area (Å²) in [6.45, 7) is 9.13. The van der Waals surface area contributed by atoms with E-state index < -0.39 is 0 Å². The minimum Gasteiger partial charge on any atom is -0.328 e. The van der Waals surface area contributed by atoms with Gasteiger partial charge in [0.2, 0.25) is 0 Å². The van der Waals surface area contributed by atoms with Gasteiger partial charge in [0.05, 0.1) is 0 Å². The molecule has 2 nitrogen and oxygen atoms in total. The second kappa shape index (κ2) is 6.50. The molecule has 0 amide bonds. The molecule has 0 aliphatic heterocycles. The second-order valence-corrected chi connectivity index (χ2v) is 7.89. The maximum absolute atomic E-state index is 6.05. The molecule has 0 aromatic heterocycles. The number of nitrogens with zero attached hydrogens (tertiary/aromatic N) is 1. The monoisotopic (exact) mass is 288 g/mol. The van der Waals surface area contributed by atoms with Crippen molar-refractivity contribution < 1.29 is 0 Å². The highest BCUT2D eigenvalue weighted by molar-refractivity contribution is 5.28. The first-order valence-corrected chi connectivity index (χ1v) is 8.34. The largest absolute Gasteiger partial charge is 0.328 e. The van der Waals surface area contributed by atoms with Crippen molar-refractivity contribution >= 4 is 0 Å². The number of nitrogens with two attached hydrogens (primary N) is 1. The Bertz CT molecular complexity index is 444. The zero-order valence-electron chi connectivity index (χ0n) is 14.4. The van der Waals surface area contributed by atoms with Gasteiger partial charge in [-0.2, -0.15) is 0 Å². The lowest BCUT2D eigenvalue weighted by molar-refractivity contribution is 0.184. The number of rotatable bonds is 4. The van der Waals surface area contributed by atoms with Crippen molar-refractivity contribution in [3.8, 4) is 0 Å². The lowest BCUT2D eigenvalue weighted by Crippen LogP contribution is -2.39. The molecule has 1 saturated carbocycles. The molecule has 1 aromatic carbocycles. The molecule has 1 aromatic rings. The van der Waals surface area contributed by atoms with E-state index in [1.807, 2.05) is 0 Å². The van der Waals surface area contributed by atoms with Crippen LogP contribution >= 0.6 is 0 Å². The molecule has 1 aliphatic carbocycles. The Labute approximate surface area is 130 Å². The minimum absolute atomic E-state index is 0.237. The Kier molecular flexibility index (Phi) is 5.11. The van der Waals surface area contributed by atoms with Gasteiger partial charge in [-0.25, -0.2) is 0 Å². The Morgan fingerprint density at radius 3 is 2.29 bits per heavy atom. The highest BCUT2D eigenvalue weighted by Gasteiger charge is 2.27. The maximum Gasteiger partial charge on any atom is 0.0110 e. The van der Waals surface area contributed by atoms with Crippen LogP contribution in [0.1, 0.15) is 58.1 Å². The molecule has 2 rings (SSSR count). The average molecular weight is 288 g/mol. The van der Waals surface area contributed by atoms with Gasteiger partial charge in [-0.3, -0.25) is 0 Å². The van der Waals surface area contributed by atoms with Crippen LogP contribution in [0.5, 0.6) is 0 Å². The van der Waals surface area contributed by atoms with Crippen LogP contribution in [0.4, 0.5) is 0 Å². The molecule has 118 valence electrons. The third kappa shape index (κ3) is 4.31. The van der Waals surface area contributed by atoms with Crippen LogP contribution in [0.15, 0.2) is 24.3 Å². The van der Waals surface area contributed by atoms with Crippen molar-refractivity contribution in [2.24, 2.45) is 5.73 Å². The van der Waals surface area contributed by atoms with Crippen LogP contribution in [-0.4, -0.2) is 30.1 Å². The quantitative estimate of drug-likeness (QED) is 0.915. The standard InChI is InChI=1S/C19H32N2/c1-14(21(5)18-11-10-17(20)13-18)12-15-6-8-16(9-7-15)19(2,3)4/h6-9,14,17-18H,10-13,20H2,1-5H3/t14?,17-,18-/m0/s1. The molecule has 0 spiro atoms. The molecule has 1 fully saturated rings. The summed E-state index contributed by atoms with van der Waals surface area (Å²) in [5.74, 6) is 0. The molecule has 0 radical (unpaired) electrons. The van der Waals surface area contributed by atoms with E-state index >= 15 is 0 Å². The van der Waals surface area contributed by atoms with Gasteiger partial charge in [0, 0.05) is 18.1 Å². The molecule has 21 heavy (non-hydrogen) atoms. The Morgan fingerprint density at radius 2 is 1.81 bits per heavy atom. The Hall–Kier alpha value is -0.860. The molecule has 3 atom stereocenters. The summed E-state index contributed by atoms with van der Waals surface area (Å²) in [6.07, 6.45) is 4.71. The number of benzene rings is 1. The van der Waals surface area contributed by atoms with Crippen molar-refractivity contribution in [1.82, 2.24) is 4.90 Å². The first-order chi connectivity index (χ1) is 9.77. The van der Waals surface area contributed by atoms with Gasteiger partial charge in [0.1, 0.15) is 0 Å². The first-order valence-electron chi connectivity index (χ1n) is 8.34. The molecule has 2 heteroatoms. The van der Waals surface area contributed by atoms with E-state index in [4.69, 9.17) is 5.73 Å². The zero-order valence-corrected chi connectivity index (χ0v) is 14.4. The van der Waals surface area contributed by atoms with Crippen molar-refractivity contribution in [2.45, 2.75) is 76.9 Å². The number of likely N-dealkylation sites (N-methyl/N-ethyl adjacent to an activating group) is 1. The predicted molar refractivity (Wildman–Crippen MR) is 91.7 cm³/mol. The second-order valence-electron chi connectivity index (χ2n) is 7.89. The first kappa shape index (κ1) is 16.5. The summed E-state index contributed by atoms with van der Waals surface area (Å²) in [7, 11) is 2.26. The molecule has 1 unspecified atom stereocenters. The average Bonchev–Trinajstić information content (AvgIpc) is 2.84. The summed E-state index contributed by atoms with van der Waals surface area (Å²) in [5.41, 5.74) is 9.13. The third-order valence-corrected chi connectivity index (χ3v) is 5.07. The van der Waals surface area contributed by atoms with Crippen molar-refractivity contribution in [3.05, 3.63) is 35.4 Å². The number of hydrogen-bond acceptors (Lipinski definition) is 2. The Balaban J connectivity index is 1.94. The van der Waals surface area contributed by atoms with Crippen LogP contribution in [0.2, 0.25) is 0 Å². The van der Waals surface area contributed by atoms with E-state index in [-0.39, 0.29) is 5.41 Å². The number of hydrogen-bond donors (Lipinski definition) is 1. The fourth-order valence-electron chi connectivity index (χ4n) is 3.35. The van der Waals surface area contributed by atoms with E-state index in [1.54, 1.807) is 0 Å². The van der Waals surface area contributed by atoms with Crippen LogP contribution in [0.3, 0.4) is 0 Å².